The predicted octanol–water partition coefficient (Wildman–Crippen LogP) is 2.84. The topological polar surface area (TPSA) is 73.2 Å². The Kier molecular flexibility index (Phi) is 6.23. The third kappa shape index (κ3) is 5.16. The molecule has 0 radical (unpaired) electrons. The fourth-order valence-corrected chi connectivity index (χ4v) is 2.84. The average molecular weight is 475 g/mol. The number of aromatic nitrogens is 2. The summed E-state index contributed by atoms with van der Waals surface area (Å²) in [6.45, 7) is 0.348. The Bertz CT molecular complexity index is 983. The van der Waals surface area contributed by atoms with Crippen LogP contribution >= 0.6 is 22.6 Å². The van der Waals surface area contributed by atoms with Crippen LogP contribution in [-0.2, 0) is 17.9 Å². The van der Waals surface area contributed by atoms with Crippen LogP contribution in [0, 0.1) is 3.57 Å². The maximum absolute atomic E-state index is 12.3. The Morgan fingerprint density at radius 2 is 1.85 bits per heavy atom. The molecule has 1 aromatic heterocycles. The number of carbonyl (C=O) groups excluding carboxylic acids is 1. The summed E-state index contributed by atoms with van der Waals surface area (Å²) < 4.78 is 7.55. The quantitative estimate of drug-likeness (QED) is 0.557. The maximum Gasteiger partial charge on any atom is 0.254 e. The number of carbonyl (C=O) groups is 1. The van der Waals surface area contributed by atoms with Crippen LogP contribution in [0.25, 0.3) is 11.3 Å². The van der Waals surface area contributed by atoms with E-state index in [-0.39, 0.29) is 18.0 Å². The zero-order valence-electron chi connectivity index (χ0n) is 14.7. The van der Waals surface area contributed by atoms with Gasteiger partial charge in [0.1, 0.15) is 12.3 Å². The van der Waals surface area contributed by atoms with Crippen molar-refractivity contribution in [1.29, 1.82) is 0 Å². The normalized spacial score (nSPS) is 10.4. The molecular formula is C20H18IN3O3. The molecular weight excluding hydrogens is 457 g/mol. The number of halogens is 1. The van der Waals surface area contributed by atoms with E-state index in [0.717, 1.165) is 20.4 Å². The Hall–Kier alpha value is -2.68. The molecule has 2 aromatic carbocycles. The molecule has 0 saturated carbocycles. The average Bonchev–Trinajstić information content (AvgIpc) is 2.69. The molecule has 0 aliphatic heterocycles. The molecule has 6 nitrogen and oxygen atoms in total. The van der Waals surface area contributed by atoms with Crippen LogP contribution in [0.4, 0.5) is 0 Å². The molecule has 1 N–H and O–H groups in total. The zero-order chi connectivity index (χ0) is 19.2. The molecule has 138 valence electrons. The number of nitrogens with zero attached hydrogens (tertiary/aromatic N) is 2. The van der Waals surface area contributed by atoms with E-state index in [1.54, 1.807) is 19.2 Å². The van der Waals surface area contributed by atoms with Crippen LogP contribution in [0.3, 0.4) is 0 Å². The van der Waals surface area contributed by atoms with Crippen LogP contribution in [0.2, 0.25) is 0 Å². The molecule has 3 aromatic rings. The standard InChI is InChI=1S/C20H18IN3O3/c1-27-17-8-4-15(5-9-17)18-10-20(26)24(13-23-18)12-19(25)22-11-14-2-6-16(21)7-3-14/h2-10,13H,11-12H2,1H3,(H,22,25). The molecule has 0 unspecified atom stereocenters. The van der Waals surface area contributed by atoms with Gasteiger partial charge in [0.25, 0.3) is 5.56 Å². The Labute approximate surface area is 170 Å². The van der Waals surface area contributed by atoms with Gasteiger partial charge in [0, 0.05) is 21.7 Å². The van der Waals surface area contributed by atoms with E-state index in [2.05, 4.69) is 32.9 Å². The lowest BCUT2D eigenvalue weighted by Crippen LogP contribution is -2.31. The first kappa shape index (κ1) is 19.1. The van der Waals surface area contributed by atoms with Crippen molar-refractivity contribution < 1.29 is 9.53 Å². The van der Waals surface area contributed by atoms with Gasteiger partial charge in [-0.25, -0.2) is 4.98 Å². The van der Waals surface area contributed by atoms with Gasteiger partial charge in [0.2, 0.25) is 5.91 Å². The number of hydrogen-bond donors (Lipinski definition) is 1. The molecule has 27 heavy (non-hydrogen) atoms. The van der Waals surface area contributed by atoms with Gasteiger partial charge in [0.15, 0.2) is 0 Å². The Morgan fingerprint density at radius 1 is 1.15 bits per heavy atom. The van der Waals surface area contributed by atoms with Gasteiger partial charge < -0.3 is 10.1 Å². The van der Waals surface area contributed by atoms with E-state index in [1.165, 1.54) is 17.0 Å². The number of methoxy groups -OCH3 is 1. The zero-order valence-corrected chi connectivity index (χ0v) is 16.8. The van der Waals surface area contributed by atoms with Crippen LogP contribution in [0.15, 0.2) is 65.7 Å². The van der Waals surface area contributed by atoms with Crippen LogP contribution in [-0.4, -0.2) is 22.6 Å². The molecule has 1 amide bonds. The van der Waals surface area contributed by atoms with Crippen molar-refractivity contribution >= 4 is 28.5 Å². The number of ether oxygens (including phenoxy) is 1. The summed E-state index contributed by atoms with van der Waals surface area (Å²) in [5.74, 6) is 0.492. The molecule has 0 bridgehead atoms. The second kappa shape index (κ2) is 8.81. The van der Waals surface area contributed by atoms with Crippen molar-refractivity contribution in [3.8, 4) is 17.0 Å². The molecule has 0 spiro atoms. The lowest BCUT2D eigenvalue weighted by Gasteiger charge is -2.08. The van der Waals surface area contributed by atoms with Gasteiger partial charge in [-0.15, -0.1) is 0 Å². The highest BCUT2D eigenvalue weighted by Gasteiger charge is 2.07. The van der Waals surface area contributed by atoms with Gasteiger partial charge in [-0.05, 0) is 64.6 Å². The molecule has 0 aliphatic rings. The van der Waals surface area contributed by atoms with Gasteiger partial charge in [-0.1, -0.05) is 12.1 Å². The van der Waals surface area contributed by atoms with E-state index in [9.17, 15) is 9.59 Å². The van der Waals surface area contributed by atoms with E-state index < -0.39 is 0 Å². The fraction of sp³-hybridized carbons (Fsp3) is 0.150. The first-order valence-electron chi connectivity index (χ1n) is 8.27. The number of rotatable bonds is 6. The van der Waals surface area contributed by atoms with Gasteiger partial charge >= 0.3 is 0 Å². The minimum atomic E-state index is -0.278. The highest BCUT2D eigenvalue weighted by atomic mass is 127. The minimum absolute atomic E-state index is 0.0703. The SMILES string of the molecule is COc1ccc(-c2cc(=O)n(CC(=O)NCc3ccc(I)cc3)cn2)cc1. The van der Waals surface area contributed by atoms with Crippen molar-refractivity contribution in [1.82, 2.24) is 14.9 Å². The summed E-state index contributed by atoms with van der Waals surface area (Å²) in [5, 5.41) is 2.81. The molecule has 3 rings (SSSR count). The van der Waals surface area contributed by atoms with Gasteiger partial charge in [-0.3, -0.25) is 14.2 Å². The second-order valence-electron chi connectivity index (χ2n) is 5.87. The maximum atomic E-state index is 12.3. The van der Waals surface area contributed by atoms with E-state index >= 15 is 0 Å². The van der Waals surface area contributed by atoms with Crippen LogP contribution in [0.1, 0.15) is 5.56 Å². The van der Waals surface area contributed by atoms with Gasteiger partial charge in [-0.2, -0.15) is 0 Å². The predicted molar refractivity (Wildman–Crippen MR) is 111 cm³/mol. The van der Waals surface area contributed by atoms with E-state index in [0.29, 0.717) is 12.2 Å². The highest BCUT2D eigenvalue weighted by Crippen LogP contribution is 2.19. The third-order valence-corrected chi connectivity index (χ3v) is 4.70. The molecule has 0 atom stereocenters. The van der Waals surface area contributed by atoms with Crippen molar-refractivity contribution in [2.75, 3.05) is 7.11 Å². The third-order valence-electron chi connectivity index (χ3n) is 3.98. The summed E-state index contributed by atoms with van der Waals surface area (Å²) >= 11 is 2.23. The van der Waals surface area contributed by atoms with Crippen molar-refractivity contribution in [2.45, 2.75) is 13.1 Å². The first-order chi connectivity index (χ1) is 13.0. The highest BCUT2D eigenvalue weighted by molar-refractivity contribution is 14.1. The van der Waals surface area contributed by atoms with Crippen molar-refractivity contribution in [3.63, 3.8) is 0 Å². The molecule has 7 heteroatoms. The summed E-state index contributed by atoms with van der Waals surface area (Å²) in [7, 11) is 1.60. The van der Waals surface area contributed by atoms with Crippen molar-refractivity contribution in [3.05, 3.63) is 80.4 Å². The van der Waals surface area contributed by atoms with Crippen molar-refractivity contribution in [2.24, 2.45) is 0 Å². The molecule has 0 fully saturated rings. The number of amides is 1. The Morgan fingerprint density at radius 3 is 2.48 bits per heavy atom. The first-order valence-corrected chi connectivity index (χ1v) is 9.35. The summed E-state index contributed by atoms with van der Waals surface area (Å²) in [5.41, 5.74) is 2.09. The van der Waals surface area contributed by atoms with E-state index in [4.69, 9.17) is 4.74 Å². The Balaban J connectivity index is 1.63. The monoisotopic (exact) mass is 475 g/mol. The number of hydrogen-bond acceptors (Lipinski definition) is 4. The van der Waals surface area contributed by atoms with Crippen LogP contribution in [0.5, 0.6) is 5.75 Å². The lowest BCUT2D eigenvalue weighted by molar-refractivity contribution is -0.121. The van der Waals surface area contributed by atoms with Crippen LogP contribution < -0.4 is 15.6 Å². The minimum Gasteiger partial charge on any atom is -0.497 e. The largest absolute Gasteiger partial charge is 0.497 e. The smallest absolute Gasteiger partial charge is 0.254 e. The van der Waals surface area contributed by atoms with E-state index in [1.807, 2.05) is 36.4 Å². The summed E-state index contributed by atoms with van der Waals surface area (Å²) in [6, 6.07) is 16.6. The molecule has 0 saturated heterocycles. The fourth-order valence-electron chi connectivity index (χ4n) is 2.48. The summed E-state index contributed by atoms with van der Waals surface area (Å²) in [6.07, 6.45) is 1.40. The van der Waals surface area contributed by atoms with Gasteiger partial charge in [0.05, 0.1) is 19.1 Å². The molecule has 1 heterocycles. The number of benzene rings is 2. The second-order valence-corrected chi connectivity index (χ2v) is 7.12. The molecule has 0 aliphatic carbocycles. The number of nitrogens with one attached hydrogen (secondary N) is 1. The summed E-state index contributed by atoms with van der Waals surface area (Å²) in [4.78, 5) is 28.7. The lowest BCUT2D eigenvalue weighted by atomic mass is 10.1.